The lowest BCUT2D eigenvalue weighted by Crippen LogP contribution is -2.03. The van der Waals surface area contributed by atoms with Crippen LogP contribution in [-0.4, -0.2) is 25.5 Å². The summed E-state index contributed by atoms with van der Waals surface area (Å²) >= 11 is 0. The molecule has 9 heteroatoms. The number of nitrogens with two attached hydrogens (primary N) is 1. The van der Waals surface area contributed by atoms with Gasteiger partial charge < -0.3 is 10.5 Å². The lowest BCUT2D eigenvalue weighted by molar-refractivity contribution is -0.142. The standard InChI is InChI=1S/C27H19FN6O2/c1-16(35)36-15-17-5-11-20(12-6-17)34-26(21-4-3-13-31-25(21)29)32-23-14-22(30-2)24(33-27(23)34)18-7-9-19(28)10-8-18/h3-14H,15H2,1H3,(H2,29,31). The van der Waals surface area contributed by atoms with E-state index in [1.165, 1.54) is 19.1 Å². The second-order valence-electron chi connectivity index (χ2n) is 7.97. The third-order valence-corrected chi connectivity index (χ3v) is 5.57. The van der Waals surface area contributed by atoms with E-state index in [4.69, 9.17) is 27.0 Å². The van der Waals surface area contributed by atoms with Crippen LogP contribution in [-0.2, 0) is 16.1 Å². The molecular weight excluding hydrogens is 459 g/mol. The Morgan fingerprint density at radius 1 is 1.11 bits per heavy atom. The highest BCUT2D eigenvalue weighted by Crippen LogP contribution is 2.36. The Labute approximate surface area is 205 Å². The lowest BCUT2D eigenvalue weighted by Gasteiger charge is -2.12. The predicted octanol–water partition coefficient (Wildman–Crippen LogP) is 5.48. The van der Waals surface area contributed by atoms with Crippen molar-refractivity contribution < 1.29 is 13.9 Å². The maximum Gasteiger partial charge on any atom is 0.302 e. The SMILES string of the molecule is [C-]#[N+]c1cc2nc(-c3cccnc3N)n(-c3ccc(COC(C)=O)cc3)c2nc1-c1ccc(F)cc1. The van der Waals surface area contributed by atoms with E-state index in [9.17, 15) is 9.18 Å². The van der Waals surface area contributed by atoms with Crippen molar-refractivity contribution in [2.75, 3.05) is 5.73 Å². The van der Waals surface area contributed by atoms with Crippen molar-refractivity contribution >= 4 is 28.6 Å². The van der Waals surface area contributed by atoms with E-state index in [0.29, 0.717) is 45.3 Å². The Hall–Kier alpha value is -5.10. The minimum absolute atomic E-state index is 0.157. The fraction of sp³-hybridized carbons (Fsp3) is 0.0741. The summed E-state index contributed by atoms with van der Waals surface area (Å²) in [6.07, 6.45) is 1.59. The van der Waals surface area contributed by atoms with E-state index >= 15 is 0 Å². The number of aromatic nitrogens is 4. The molecule has 5 aromatic rings. The Bertz CT molecular complexity index is 1640. The van der Waals surface area contributed by atoms with Gasteiger partial charge in [-0.25, -0.2) is 24.2 Å². The van der Waals surface area contributed by atoms with E-state index in [1.807, 2.05) is 34.9 Å². The van der Waals surface area contributed by atoms with E-state index in [1.54, 1.807) is 30.5 Å². The zero-order valence-electron chi connectivity index (χ0n) is 19.1. The summed E-state index contributed by atoms with van der Waals surface area (Å²) < 4.78 is 20.5. The van der Waals surface area contributed by atoms with Gasteiger partial charge in [0, 0.05) is 18.8 Å². The van der Waals surface area contributed by atoms with Gasteiger partial charge in [-0.3, -0.25) is 9.36 Å². The van der Waals surface area contributed by atoms with Gasteiger partial charge in [0.25, 0.3) is 0 Å². The van der Waals surface area contributed by atoms with Gasteiger partial charge in [0.05, 0.1) is 23.3 Å². The quantitative estimate of drug-likeness (QED) is 0.265. The number of benzene rings is 2. The zero-order valence-corrected chi connectivity index (χ0v) is 19.1. The number of nitrogen functional groups attached to an aromatic ring is 1. The minimum atomic E-state index is -0.377. The minimum Gasteiger partial charge on any atom is -0.461 e. The van der Waals surface area contributed by atoms with Crippen LogP contribution < -0.4 is 5.73 Å². The molecule has 8 nitrogen and oxygen atoms in total. The molecule has 0 spiro atoms. The normalized spacial score (nSPS) is 10.8. The monoisotopic (exact) mass is 478 g/mol. The predicted molar refractivity (Wildman–Crippen MR) is 134 cm³/mol. The third-order valence-electron chi connectivity index (χ3n) is 5.57. The second-order valence-corrected chi connectivity index (χ2v) is 7.97. The number of carbonyl (C=O) groups is 1. The first kappa shape index (κ1) is 22.7. The van der Waals surface area contributed by atoms with Crippen LogP contribution >= 0.6 is 0 Å². The molecule has 0 amide bonds. The average molecular weight is 478 g/mol. The first-order valence-corrected chi connectivity index (χ1v) is 10.9. The van der Waals surface area contributed by atoms with Crippen molar-refractivity contribution in [1.29, 1.82) is 0 Å². The van der Waals surface area contributed by atoms with E-state index < -0.39 is 0 Å². The number of hydrogen-bond donors (Lipinski definition) is 1. The first-order valence-electron chi connectivity index (χ1n) is 10.9. The van der Waals surface area contributed by atoms with Gasteiger partial charge >= 0.3 is 5.97 Å². The molecule has 2 N–H and O–H groups in total. The molecule has 3 heterocycles. The van der Waals surface area contributed by atoms with Crippen molar-refractivity contribution in [2.24, 2.45) is 0 Å². The Morgan fingerprint density at radius 3 is 2.53 bits per heavy atom. The van der Waals surface area contributed by atoms with Gasteiger partial charge in [-0.15, -0.1) is 0 Å². The highest BCUT2D eigenvalue weighted by Gasteiger charge is 2.20. The molecule has 0 saturated heterocycles. The average Bonchev–Trinajstić information content (AvgIpc) is 3.25. The lowest BCUT2D eigenvalue weighted by atomic mass is 10.1. The van der Waals surface area contributed by atoms with Gasteiger partial charge in [-0.1, -0.05) is 24.3 Å². The van der Waals surface area contributed by atoms with Crippen molar-refractivity contribution in [3.05, 3.63) is 95.7 Å². The number of ether oxygens (including phenoxy) is 1. The summed E-state index contributed by atoms with van der Waals surface area (Å²) in [7, 11) is 0. The maximum absolute atomic E-state index is 13.5. The van der Waals surface area contributed by atoms with Crippen LogP contribution in [0.4, 0.5) is 15.9 Å². The van der Waals surface area contributed by atoms with Gasteiger partial charge in [0.2, 0.25) is 5.69 Å². The number of rotatable bonds is 5. The molecule has 0 atom stereocenters. The van der Waals surface area contributed by atoms with E-state index in [0.717, 1.165) is 11.3 Å². The van der Waals surface area contributed by atoms with Crippen LogP contribution in [0.5, 0.6) is 0 Å². The van der Waals surface area contributed by atoms with Crippen LogP contribution in [0.1, 0.15) is 12.5 Å². The number of nitrogens with zero attached hydrogens (tertiary/aromatic N) is 5. The molecule has 2 aromatic carbocycles. The Morgan fingerprint density at radius 2 is 1.86 bits per heavy atom. The molecule has 0 aliphatic heterocycles. The molecule has 5 rings (SSSR count). The zero-order chi connectivity index (χ0) is 25.2. The van der Waals surface area contributed by atoms with Gasteiger partial charge in [0.1, 0.15) is 18.2 Å². The van der Waals surface area contributed by atoms with Crippen LogP contribution in [0.3, 0.4) is 0 Å². The third kappa shape index (κ3) is 4.23. The van der Waals surface area contributed by atoms with Crippen LogP contribution in [0.2, 0.25) is 0 Å². The van der Waals surface area contributed by atoms with Crippen LogP contribution in [0.15, 0.2) is 72.9 Å². The smallest absolute Gasteiger partial charge is 0.302 e. The summed E-state index contributed by atoms with van der Waals surface area (Å²) in [5.41, 5.74) is 10.6. The molecule has 0 aliphatic rings. The molecule has 3 aromatic heterocycles. The summed E-state index contributed by atoms with van der Waals surface area (Å²) in [4.78, 5) is 28.6. The van der Waals surface area contributed by atoms with Gasteiger partial charge in [0.15, 0.2) is 11.5 Å². The largest absolute Gasteiger partial charge is 0.461 e. The van der Waals surface area contributed by atoms with Gasteiger partial charge in [-0.05, 0) is 53.6 Å². The highest BCUT2D eigenvalue weighted by atomic mass is 19.1. The topological polar surface area (TPSA) is 100 Å². The highest BCUT2D eigenvalue weighted by molar-refractivity contribution is 5.90. The number of pyridine rings is 2. The molecule has 0 fully saturated rings. The van der Waals surface area contributed by atoms with E-state index in [2.05, 4.69) is 9.83 Å². The molecule has 0 radical (unpaired) electrons. The Kier molecular flexibility index (Phi) is 5.84. The number of carbonyl (C=O) groups excluding carboxylic acids is 1. The summed E-state index contributed by atoms with van der Waals surface area (Å²) in [5, 5.41) is 0. The summed E-state index contributed by atoms with van der Waals surface area (Å²) in [6.45, 7) is 9.19. The van der Waals surface area contributed by atoms with Crippen LogP contribution in [0, 0.1) is 12.4 Å². The Balaban J connectivity index is 1.75. The summed E-state index contributed by atoms with van der Waals surface area (Å²) in [6, 6.07) is 18.5. The number of hydrogen-bond acceptors (Lipinski definition) is 6. The molecule has 0 aliphatic carbocycles. The number of esters is 1. The molecule has 36 heavy (non-hydrogen) atoms. The second kappa shape index (κ2) is 9.27. The first-order chi connectivity index (χ1) is 17.4. The molecule has 0 saturated carbocycles. The van der Waals surface area contributed by atoms with E-state index in [-0.39, 0.29) is 18.4 Å². The fourth-order valence-electron chi connectivity index (χ4n) is 3.86. The van der Waals surface area contributed by atoms with Crippen molar-refractivity contribution in [1.82, 2.24) is 19.5 Å². The number of halogens is 1. The van der Waals surface area contributed by atoms with Crippen molar-refractivity contribution in [3.63, 3.8) is 0 Å². The number of fused-ring (bicyclic) bond motifs is 1. The maximum atomic E-state index is 13.5. The molecule has 0 bridgehead atoms. The molecule has 176 valence electrons. The van der Waals surface area contributed by atoms with Crippen molar-refractivity contribution in [2.45, 2.75) is 13.5 Å². The van der Waals surface area contributed by atoms with Crippen LogP contribution in [0.25, 0.3) is 44.3 Å². The molecule has 0 unspecified atom stereocenters. The fourth-order valence-corrected chi connectivity index (χ4v) is 3.86. The number of anilines is 1. The van der Waals surface area contributed by atoms with Gasteiger partial charge in [-0.2, -0.15) is 0 Å². The van der Waals surface area contributed by atoms with Crippen molar-refractivity contribution in [3.8, 4) is 28.3 Å². The summed E-state index contributed by atoms with van der Waals surface area (Å²) in [5.74, 6) is 0.0623. The molecular formula is C27H19FN6O2. The number of imidazole rings is 1.